The van der Waals surface area contributed by atoms with Crippen molar-refractivity contribution in [3.8, 4) is 11.5 Å². The van der Waals surface area contributed by atoms with Crippen LogP contribution in [-0.2, 0) is 49.5 Å². The van der Waals surface area contributed by atoms with E-state index < -0.39 is 48.6 Å². The van der Waals surface area contributed by atoms with Gasteiger partial charge in [-0.2, -0.15) is 0 Å². The first-order valence-electron chi connectivity index (χ1n) is 19.9. The van der Waals surface area contributed by atoms with Crippen molar-refractivity contribution in [1.82, 2.24) is 28.5 Å². The normalized spacial score (nSPS) is 14.9. The molecule has 4 N–H and O–H groups in total. The van der Waals surface area contributed by atoms with Gasteiger partial charge in [0, 0.05) is 50.3 Å². The minimum absolute atomic E-state index is 0.0588. The molecular weight excluding hydrogens is 821 g/mol. The molecule has 0 bridgehead atoms. The van der Waals surface area contributed by atoms with E-state index in [0.717, 1.165) is 35.5 Å². The number of sulfonamides is 2. The largest absolute Gasteiger partial charge is 0.493 e. The van der Waals surface area contributed by atoms with E-state index in [0.29, 0.717) is 12.5 Å². The number of aromatic nitrogens is 4. The number of H-pyrrole nitrogens is 2. The van der Waals surface area contributed by atoms with E-state index in [1.165, 1.54) is 59.3 Å². The summed E-state index contributed by atoms with van der Waals surface area (Å²) in [7, 11) is -6.96. The van der Waals surface area contributed by atoms with Crippen molar-refractivity contribution in [1.29, 1.82) is 0 Å². The zero-order chi connectivity index (χ0) is 43.0. The third kappa shape index (κ3) is 16.7. The predicted molar refractivity (Wildman–Crippen MR) is 224 cm³/mol. The van der Waals surface area contributed by atoms with Crippen molar-refractivity contribution in [2.75, 3.05) is 31.3 Å². The molecule has 0 unspecified atom stereocenters. The Balaban J connectivity index is 0.000000228. The second-order valence-electron chi connectivity index (χ2n) is 14.7. The molecule has 0 amide bonds. The quantitative estimate of drug-likeness (QED) is 0.0788. The molecule has 2 saturated carbocycles. The van der Waals surface area contributed by atoms with Gasteiger partial charge in [-0.05, 0) is 99.6 Å². The van der Waals surface area contributed by atoms with Crippen LogP contribution in [0.15, 0.2) is 92.2 Å². The average Bonchev–Trinajstić information content (AvgIpc) is 3.90. The van der Waals surface area contributed by atoms with Gasteiger partial charge in [0.2, 0.25) is 20.0 Å². The van der Waals surface area contributed by atoms with Gasteiger partial charge in [0.05, 0.1) is 24.2 Å². The van der Waals surface area contributed by atoms with Crippen LogP contribution in [0.25, 0.3) is 0 Å². The van der Waals surface area contributed by atoms with E-state index in [-0.39, 0.29) is 63.7 Å². The third-order valence-electron chi connectivity index (χ3n) is 9.55. The molecule has 0 saturated heterocycles. The molecular formula is C40H54N6O12S2. The number of nitrogens with zero attached hydrogens (tertiary/aromatic N) is 2. The zero-order valence-electron chi connectivity index (χ0n) is 33.6. The number of rotatable bonds is 23. The standard InChI is InChI=1S/C21H29N3O6S.C19H25N3O6S/c1-16(17-6-4-9-19(14-17)30-18-7-2-3-8-18)23-31(27,28)13-5-12-29-15-24-11-10-20(25)22-21(24)26;23-18-7-8-22(19(24)21-18)14-27-9-2-10-29(25,26)20-12-16-3-1-4-17(11-16)28-13-15-5-6-15/h4,6,9-11,14,16,18,23H,2-3,5,7-8,12-13,15H2,1H3,(H,22,25,26);1,3-4,7-8,11,15,20H,2,5-6,9-10,12-14H2,(H,21,23,24)/t16-;/m1./s1. The van der Waals surface area contributed by atoms with Gasteiger partial charge in [-0.3, -0.25) is 28.7 Å². The minimum Gasteiger partial charge on any atom is -0.493 e. The Labute approximate surface area is 348 Å². The lowest BCUT2D eigenvalue weighted by molar-refractivity contribution is 0.0744. The highest BCUT2D eigenvalue weighted by molar-refractivity contribution is 7.89. The number of hydrogen-bond donors (Lipinski definition) is 4. The maximum absolute atomic E-state index is 12.4. The van der Waals surface area contributed by atoms with Crippen LogP contribution in [0, 0.1) is 5.92 Å². The van der Waals surface area contributed by atoms with Crippen LogP contribution in [0.2, 0.25) is 0 Å². The number of nitrogens with one attached hydrogen (secondary N) is 4. The molecule has 2 aliphatic rings. The lowest BCUT2D eigenvalue weighted by Crippen LogP contribution is -2.30. The van der Waals surface area contributed by atoms with Crippen LogP contribution >= 0.6 is 0 Å². The summed E-state index contributed by atoms with van der Waals surface area (Å²) in [4.78, 5) is 49.3. The van der Waals surface area contributed by atoms with Gasteiger partial charge in [-0.1, -0.05) is 24.3 Å². The average molecular weight is 875 g/mol. The van der Waals surface area contributed by atoms with Crippen molar-refractivity contribution in [2.45, 2.75) is 90.4 Å². The molecule has 6 rings (SSSR count). The van der Waals surface area contributed by atoms with Crippen molar-refractivity contribution in [2.24, 2.45) is 5.92 Å². The first-order valence-corrected chi connectivity index (χ1v) is 23.2. The highest BCUT2D eigenvalue weighted by Crippen LogP contribution is 2.30. The van der Waals surface area contributed by atoms with Crippen LogP contribution in [0.4, 0.5) is 0 Å². The van der Waals surface area contributed by atoms with E-state index in [1.54, 1.807) is 6.92 Å². The first-order chi connectivity index (χ1) is 28.7. The lowest BCUT2D eigenvalue weighted by atomic mass is 10.1. The molecule has 2 fully saturated rings. The summed E-state index contributed by atoms with van der Waals surface area (Å²) < 4.78 is 79.1. The molecule has 4 aromatic rings. The molecule has 2 aromatic carbocycles. The maximum Gasteiger partial charge on any atom is 0.330 e. The summed E-state index contributed by atoms with van der Waals surface area (Å²) in [6.07, 6.45) is 10.4. The first kappa shape index (κ1) is 46.2. The number of aromatic amines is 2. The summed E-state index contributed by atoms with van der Waals surface area (Å²) in [5.41, 5.74) is -0.445. The van der Waals surface area contributed by atoms with Crippen molar-refractivity contribution < 1.29 is 35.8 Å². The molecule has 2 aromatic heterocycles. The molecule has 2 aliphatic carbocycles. The van der Waals surface area contributed by atoms with E-state index in [9.17, 15) is 36.0 Å². The van der Waals surface area contributed by atoms with Gasteiger partial charge in [-0.25, -0.2) is 35.9 Å². The second-order valence-corrected chi connectivity index (χ2v) is 18.5. The highest BCUT2D eigenvalue weighted by Gasteiger charge is 2.22. The smallest absolute Gasteiger partial charge is 0.330 e. The fourth-order valence-corrected chi connectivity index (χ4v) is 8.40. The van der Waals surface area contributed by atoms with E-state index in [2.05, 4.69) is 19.4 Å². The van der Waals surface area contributed by atoms with E-state index >= 15 is 0 Å². The Hall–Kier alpha value is -4.86. The fraction of sp³-hybridized carbons (Fsp3) is 0.500. The molecule has 0 radical (unpaired) electrons. The summed E-state index contributed by atoms with van der Waals surface area (Å²) in [6, 6.07) is 17.0. The predicted octanol–water partition coefficient (Wildman–Crippen LogP) is 2.71. The zero-order valence-corrected chi connectivity index (χ0v) is 35.2. The van der Waals surface area contributed by atoms with Crippen LogP contribution in [0.3, 0.4) is 0 Å². The van der Waals surface area contributed by atoms with Crippen molar-refractivity contribution in [3.63, 3.8) is 0 Å². The molecule has 2 heterocycles. The van der Waals surface area contributed by atoms with E-state index in [4.69, 9.17) is 18.9 Å². The van der Waals surface area contributed by atoms with E-state index in [1.807, 2.05) is 48.5 Å². The molecule has 20 heteroatoms. The molecule has 18 nitrogen and oxygen atoms in total. The summed E-state index contributed by atoms with van der Waals surface area (Å²) in [5, 5.41) is 0. The fourth-order valence-electron chi connectivity index (χ4n) is 6.08. The van der Waals surface area contributed by atoms with Gasteiger partial charge in [0.25, 0.3) is 11.1 Å². The molecule has 0 aliphatic heterocycles. The van der Waals surface area contributed by atoms with Gasteiger partial charge >= 0.3 is 11.4 Å². The Morgan fingerprint density at radius 1 is 0.733 bits per heavy atom. The Morgan fingerprint density at radius 3 is 1.92 bits per heavy atom. The van der Waals surface area contributed by atoms with Crippen LogP contribution in [0.1, 0.15) is 75.5 Å². The van der Waals surface area contributed by atoms with Crippen LogP contribution < -0.4 is 41.4 Å². The SMILES string of the molecule is C[C@@H](NS(=O)(=O)CCCOCn1ccc(=O)[nH]c1=O)c1cccc(OC2CCCC2)c1.O=c1ccn(COCCCS(=O)(=O)NCc2cccc(OCC3CC3)c2)c(=O)[nH]1. The number of ether oxygens (including phenoxy) is 4. The van der Waals surface area contributed by atoms with Crippen LogP contribution in [0.5, 0.6) is 11.5 Å². The van der Waals surface area contributed by atoms with Gasteiger partial charge in [-0.15, -0.1) is 0 Å². The topological polar surface area (TPSA) is 239 Å². The Morgan fingerprint density at radius 2 is 1.32 bits per heavy atom. The molecule has 1 atom stereocenters. The third-order valence-corrected chi connectivity index (χ3v) is 12.5. The lowest BCUT2D eigenvalue weighted by Gasteiger charge is -2.17. The highest BCUT2D eigenvalue weighted by atomic mass is 32.2. The Kier molecular flexibility index (Phi) is 17.5. The van der Waals surface area contributed by atoms with Crippen molar-refractivity contribution in [3.05, 3.63) is 126 Å². The monoisotopic (exact) mass is 874 g/mol. The summed E-state index contributed by atoms with van der Waals surface area (Å²) in [5.74, 6) is 1.98. The van der Waals surface area contributed by atoms with Gasteiger partial charge in [0.1, 0.15) is 25.0 Å². The second kappa shape index (κ2) is 22.7. The van der Waals surface area contributed by atoms with Gasteiger partial charge in [0.15, 0.2) is 0 Å². The number of benzene rings is 2. The maximum atomic E-state index is 12.4. The molecule has 0 spiro atoms. The van der Waals surface area contributed by atoms with Gasteiger partial charge < -0.3 is 18.9 Å². The minimum atomic E-state index is -3.51. The molecule has 328 valence electrons. The number of hydrogen-bond acceptors (Lipinski definition) is 12. The Bertz CT molecular complexity index is 2440. The van der Waals surface area contributed by atoms with Crippen molar-refractivity contribution >= 4 is 20.0 Å². The summed E-state index contributed by atoms with van der Waals surface area (Å²) >= 11 is 0. The molecule has 60 heavy (non-hydrogen) atoms. The summed E-state index contributed by atoms with van der Waals surface area (Å²) in [6.45, 7) is 2.90. The van der Waals surface area contributed by atoms with Crippen LogP contribution in [-0.4, -0.2) is 73.4 Å².